The van der Waals surface area contributed by atoms with Crippen molar-refractivity contribution in [3.63, 3.8) is 0 Å². The van der Waals surface area contributed by atoms with Crippen LogP contribution >= 0.6 is 0 Å². The number of esters is 2. The molecule has 114 valence electrons. The van der Waals surface area contributed by atoms with Crippen LogP contribution in [0.1, 0.15) is 41.0 Å². The molecular weight excluding hydrogens is 264 g/mol. The fourth-order valence-electron chi connectivity index (χ4n) is 1.73. The summed E-state index contributed by atoms with van der Waals surface area (Å²) in [6.07, 6.45) is 0.706. The molecule has 0 radical (unpaired) electrons. The lowest BCUT2D eigenvalue weighted by atomic mass is 10.0. The molecule has 0 amide bonds. The predicted octanol–water partition coefficient (Wildman–Crippen LogP) is 1.93. The van der Waals surface area contributed by atoms with Gasteiger partial charge in [0.1, 0.15) is 0 Å². The molecule has 1 heterocycles. The number of ether oxygens (including phenoxy) is 4. The fraction of sp³-hybridized carbons (Fsp3) is 0.714. The highest BCUT2D eigenvalue weighted by molar-refractivity contribution is 5.68. The maximum atomic E-state index is 11.0. The molecule has 1 unspecified atom stereocenters. The van der Waals surface area contributed by atoms with Gasteiger partial charge in [-0.05, 0) is 32.8 Å². The van der Waals surface area contributed by atoms with Crippen LogP contribution in [0.25, 0.3) is 0 Å². The molecule has 1 saturated heterocycles. The molecule has 0 aromatic carbocycles. The van der Waals surface area contributed by atoms with Gasteiger partial charge in [-0.1, -0.05) is 0 Å². The minimum Gasteiger partial charge on any atom is -0.421 e. The van der Waals surface area contributed by atoms with Gasteiger partial charge in [0, 0.05) is 19.9 Å². The normalized spacial score (nSPS) is 22.5. The van der Waals surface area contributed by atoms with Gasteiger partial charge in [-0.25, -0.2) is 0 Å². The Bertz CT molecular complexity index is 382. The zero-order valence-electron chi connectivity index (χ0n) is 12.6. The van der Waals surface area contributed by atoms with Crippen LogP contribution in [0, 0.1) is 0 Å². The van der Waals surface area contributed by atoms with Crippen molar-refractivity contribution >= 4 is 11.9 Å². The zero-order chi connectivity index (χ0) is 15.3. The molecule has 0 aromatic heterocycles. The largest absolute Gasteiger partial charge is 0.421 e. The molecule has 1 fully saturated rings. The first-order chi connectivity index (χ1) is 9.19. The molecule has 0 N–H and O–H groups in total. The van der Waals surface area contributed by atoms with Crippen LogP contribution in [0.4, 0.5) is 0 Å². The quantitative estimate of drug-likeness (QED) is 0.447. The van der Waals surface area contributed by atoms with E-state index >= 15 is 0 Å². The molecule has 1 aliphatic rings. The molecule has 20 heavy (non-hydrogen) atoms. The van der Waals surface area contributed by atoms with Crippen LogP contribution in [0.2, 0.25) is 0 Å². The maximum absolute atomic E-state index is 11.0. The van der Waals surface area contributed by atoms with Gasteiger partial charge in [0.25, 0.3) is 6.29 Å². The van der Waals surface area contributed by atoms with Crippen LogP contribution < -0.4 is 0 Å². The van der Waals surface area contributed by atoms with Crippen molar-refractivity contribution in [2.75, 3.05) is 6.61 Å². The summed E-state index contributed by atoms with van der Waals surface area (Å²) >= 11 is 0. The Morgan fingerprint density at radius 2 is 1.75 bits per heavy atom. The van der Waals surface area contributed by atoms with E-state index in [9.17, 15) is 9.59 Å². The van der Waals surface area contributed by atoms with Crippen molar-refractivity contribution in [3.8, 4) is 0 Å². The fourth-order valence-corrected chi connectivity index (χ4v) is 1.73. The molecule has 0 aliphatic carbocycles. The Balaban J connectivity index is 2.76. The van der Waals surface area contributed by atoms with Gasteiger partial charge in [-0.2, -0.15) is 0 Å². The summed E-state index contributed by atoms with van der Waals surface area (Å²) in [5, 5.41) is 0. The monoisotopic (exact) mass is 286 g/mol. The summed E-state index contributed by atoms with van der Waals surface area (Å²) in [5.74, 6) is -1.07. The number of carbonyl (C=O) groups excluding carboxylic acids is 2. The van der Waals surface area contributed by atoms with E-state index in [1.807, 2.05) is 13.8 Å². The third kappa shape index (κ3) is 5.71. The van der Waals surface area contributed by atoms with E-state index in [0.29, 0.717) is 12.2 Å². The molecule has 6 nitrogen and oxygen atoms in total. The topological polar surface area (TPSA) is 71.1 Å². The summed E-state index contributed by atoms with van der Waals surface area (Å²) in [5.41, 5.74) is 0.404. The van der Waals surface area contributed by atoms with Gasteiger partial charge >= 0.3 is 11.9 Å². The predicted molar refractivity (Wildman–Crippen MR) is 70.6 cm³/mol. The van der Waals surface area contributed by atoms with Crippen LogP contribution in [0.15, 0.2) is 11.6 Å². The van der Waals surface area contributed by atoms with E-state index < -0.39 is 24.5 Å². The zero-order valence-corrected chi connectivity index (χ0v) is 12.6. The van der Waals surface area contributed by atoms with Crippen molar-refractivity contribution in [3.05, 3.63) is 11.6 Å². The summed E-state index contributed by atoms with van der Waals surface area (Å²) in [4.78, 5) is 22.0. The summed E-state index contributed by atoms with van der Waals surface area (Å²) in [6.45, 7) is 8.80. The summed E-state index contributed by atoms with van der Waals surface area (Å²) in [6, 6.07) is 0. The standard InChI is InChI=1S/C14H22O6/c1-9(13-17-7-6-14(4,5)20-13)8-12(18-10(2)15)19-11(3)16/h8,12-13H,6-7H2,1-5H3/b9-8+. The lowest BCUT2D eigenvalue weighted by Crippen LogP contribution is -2.40. The van der Waals surface area contributed by atoms with E-state index in [1.54, 1.807) is 6.92 Å². The number of hydrogen-bond donors (Lipinski definition) is 0. The second-order valence-corrected chi connectivity index (χ2v) is 5.33. The second kappa shape index (κ2) is 6.85. The van der Waals surface area contributed by atoms with Crippen LogP contribution in [0.3, 0.4) is 0 Å². The minimum atomic E-state index is -1.07. The molecule has 0 spiro atoms. The molecule has 0 saturated carbocycles. The summed E-state index contributed by atoms with van der Waals surface area (Å²) < 4.78 is 21.1. The molecular formula is C14H22O6. The Kier molecular flexibility index (Phi) is 5.71. The number of rotatable bonds is 4. The molecule has 1 rings (SSSR count). The lowest BCUT2D eigenvalue weighted by Gasteiger charge is -2.36. The van der Waals surface area contributed by atoms with Crippen molar-refractivity contribution in [1.29, 1.82) is 0 Å². The van der Waals surface area contributed by atoms with E-state index in [0.717, 1.165) is 6.42 Å². The van der Waals surface area contributed by atoms with Crippen LogP contribution in [0.5, 0.6) is 0 Å². The molecule has 1 atom stereocenters. The van der Waals surface area contributed by atoms with E-state index in [4.69, 9.17) is 18.9 Å². The highest BCUT2D eigenvalue weighted by Crippen LogP contribution is 2.26. The number of hydrogen-bond acceptors (Lipinski definition) is 6. The SMILES string of the molecule is CC(=O)OC(/C=C(\C)C1OCCC(C)(C)O1)OC(C)=O. The molecule has 0 aromatic rings. The molecule has 0 bridgehead atoms. The van der Waals surface area contributed by atoms with Gasteiger partial charge < -0.3 is 18.9 Å². The van der Waals surface area contributed by atoms with Gasteiger partial charge in [-0.3, -0.25) is 9.59 Å². The Morgan fingerprint density at radius 1 is 1.20 bits per heavy atom. The first-order valence-corrected chi connectivity index (χ1v) is 6.52. The Morgan fingerprint density at radius 3 is 2.20 bits per heavy atom. The second-order valence-electron chi connectivity index (χ2n) is 5.33. The van der Waals surface area contributed by atoms with Gasteiger partial charge in [-0.15, -0.1) is 0 Å². The maximum Gasteiger partial charge on any atom is 0.305 e. The van der Waals surface area contributed by atoms with Crippen LogP contribution in [-0.4, -0.2) is 36.7 Å². The first-order valence-electron chi connectivity index (χ1n) is 6.52. The van der Waals surface area contributed by atoms with Crippen molar-refractivity contribution in [1.82, 2.24) is 0 Å². The van der Waals surface area contributed by atoms with Crippen molar-refractivity contribution < 1.29 is 28.5 Å². The average Bonchev–Trinajstić information content (AvgIpc) is 2.25. The number of carbonyl (C=O) groups is 2. The molecule has 6 heteroatoms. The van der Waals surface area contributed by atoms with Gasteiger partial charge in [0.05, 0.1) is 12.2 Å². The Hall–Kier alpha value is -1.40. The smallest absolute Gasteiger partial charge is 0.305 e. The average molecular weight is 286 g/mol. The van der Waals surface area contributed by atoms with Gasteiger partial charge in [0.2, 0.25) is 0 Å². The third-order valence-corrected chi connectivity index (χ3v) is 2.73. The van der Waals surface area contributed by atoms with Crippen molar-refractivity contribution in [2.24, 2.45) is 0 Å². The van der Waals surface area contributed by atoms with E-state index in [1.165, 1.54) is 19.9 Å². The van der Waals surface area contributed by atoms with Gasteiger partial charge in [0.15, 0.2) is 6.29 Å². The third-order valence-electron chi connectivity index (χ3n) is 2.73. The summed E-state index contributed by atoms with van der Waals surface area (Å²) in [7, 11) is 0. The highest BCUT2D eigenvalue weighted by atomic mass is 16.7. The first kappa shape index (κ1) is 16.7. The van der Waals surface area contributed by atoms with Crippen molar-refractivity contribution in [2.45, 2.75) is 59.2 Å². The van der Waals surface area contributed by atoms with E-state index in [-0.39, 0.29) is 5.60 Å². The lowest BCUT2D eigenvalue weighted by molar-refractivity contribution is -0.227. The van der Waals surface area contributed by atoms with E-state index in [2.05, 4.69) is 0 Å². The Labute approximate surface area is 119 Å². The minimum absolute atomic E-state index is 0.281. The van der Waals surface area contributed by atoms with Crippen LogP contribution in [-0.2, 0) is 28.5 Å². The highest BCUT2D eigenvalue weighted by Gasteiger charge is 2.30. The molecule has 1 aliphatic heterocycles.